The highest BCUT2D eigenvalue weighted by molar-refractivity contribution is 8.00. The Bertz CT molecular complexity index is 305. The Labute approximate surface area is 92.8 Å². The van der Waals surface area contributed by atoms with Crippen molar-refractivity contribution >= 4 is 23.1 Å². The molecule has 0 spiro atoms. The zero-order valence-electron chi connectivity index (χ0n) is 8.32. The molecule has 78 valence electrons. The molecule has 0 bridgehead atoms. The van der Waals surface area contributed by atoms with Gasteiger partial charge in [0.25, 0.3) is 0 Å². The van der Waals surface area contributed by atoms with Crippen LogP contribution < -0.4 is 0 Å². The van der Waals surface area contributed by atoms with E-state index in [-0.39, 0.29) is 11.4 Å². The first kappa shape index (κ1) is 10.5. The highest BCUT2D eigenvalue weighted by atomic mass is 32.2. The molecule has 1 N–H and O–H groups in total. The molecule has 4 heteroatoms. The van der Waals surface area contributed by atoms with Crippen LogP contribution in [0, 0.1) is 0 Å². The first-order chi connectivity index (χ1) is 6.74. The van der Waals surface area contributed by atoms with Crippen LogP contribution in [0.3, 0.4) is 0 Å². The molecule has 0 aliphatic carbocycles. The van der Waals surface area contributed by atoms with Gasteiger partial charge in [0.1, 0.15) is 5.01 Å². The lowest BCUT2D eigenvalue weighted by Crippen LogP contribution is -2.12. The van der Waals surface area contributed by atoms with Crippen LogP contribution in [-0.2, 0) is 11.2 Å². The molecule has 14 heavy (non-hydrogen) atoms. The number of aliphatic hydroxyl groups excluding tert-OH is 1. The maximum absolute atomic E-state index is 8.82. The lowest BCUT2D eigenvalue weighted by Gasteiger charge is -2.18. The third-order valence-electron chi connectivity index (χ3n) is 2.59. The van der Waals surface area contributed by atoms with E-state index in [1.54, 1.807) is 11.3 Å². The van der Waals surface area contributed by atoms with E-state index in [4.69, 9.17) is 5.11 Å². The SMILES string of the molecule is CC1(c2nc(CCO)cs2)CCCS1. The van der Waals surface area contributed by atoms with Crippen LogP contribution in [0.1, 0.15) is 30.5 Å². The van der Waals surface area contributed by atoms with Gasteiger partial charge in [0.05, 0.1) is 10.4 Å². The molecule has 2 nitrogen and oxygen atoms in total. The van der Waals surface area contributed by atoms with Gasteiger partial charge in [-0.25, -0.2) is 4.98 Å². The monoisotopic (exact) mass is 229 g/mol. The second kappa shape index (κ2) is 4.21. The van der Waals surface area contributed by atoms with E-state index < -0.39 is 0 Å². The van der Waals surface area contributed by atoms with Crippen molar-refractivity contribution in [2.75, 3.05) is 12.4 Å². The van der Waals surface area contributed by atoms with E-state index in [9.17, 15) is 0 Å². The Kier molecular flexibility index (Phi) is 3.14. The highest BCUT2D eigenvalue weighted by Gasteiger charge is 2.34. The number of hydrogen-bond donors (Lipinski definition) is 1. The molecule has 1 fully saturated rings. The van der Waals surface area contributed by atoms with E-state index in [2.05, 4.69) is 17.3 Å². The molecule has 0 saturated carbocycles. The quantitative estimate of drug-likeness (QED) is 0.864. The zero-order valence-corrected chi connectivity index (χ0v) is 9.96. The van der Waals surface area contributed by atoms with Crippen molar-refractivity contribution < 1.29 is 5.11 Å². The van der Waals surface area contributed by atoms with Crippen LogP contribution >= 0.6 is 23.1 Å². The molecule has 1 aliphatic heterocycles. The van der Waals surface area contributed by atoms with Gasteiger partial charge in [0, 0.05) is 18.4 Å². The molecule has 1 aromatic heterocycles. The molecule has 2 heterocycles. The van der Waals surface area contributed by atoms with Gasteiger partial charge in [-0.15, -0.1) is 23.1 Å². The predicted molar refractivity (Wildman–Crippen MR) is 61.9 cm³/mol. The summed E-state index contributed by atoms with van der Waals surface area (Å²) in [4.78, 5) is 4.59. The molecule has 1 atom stereocenters. The summed E-state index contributed by atoms with van der Waals surface area (Å²) in [5, 5.41) is 12.1. The fraction of sp³-hybridized carbons (Fsp3) is 0.700. The van der Waals surface area contributed by atoms with Gasteiger partial charge in [-0.1, -0.05) is 0 Å². The minimum atomic E-state index is 0.201. The Hall–Kier alpha value is -0.0600. The molecule has 1 aromatic rings. The number of aliphatic hydroxyl groups is 1. The number of thioether (sulfide) groups is 1. The number of hydrogen-bond acceptors (Lipinski definition) is 4. The molecular formula is C10H15NOS2. The summed E-state index contributed by atoms with van der Waals surface area (Å²) in [6, 6.07) is 0. The second-order valence-corrected chi connectivity index (χ2v) is 6.26. The molecule has 0 amide bonds. The van der Waals surface area contributed by atoms with Crippen LogP contribution in [0.25, 0.3) is 0 Å². The Morgan fingerprint density at radius 2 is 2.50 bits per heavy atom. The zero-order chi connectivity index (χ0) is 10.0. The minimum Gasteiger partial charge on any atom is -0.396 e. The maximum atomic E-state index is 8.82. The molecule has 1 aliphatic rings. The van der Waals surface area contributed by atoms with Gasteiger partial charge in [0.15, 0.2) is 0 Å². The highest BCUT2D eigenvalue weighted by Crippen LogP contribution is 2.47. The lowest BCUT2D eigenvalue weighted by atomic mass is 10.1. The van der Waals surface area contributed by atoms with Gasteiger partial charge in [-0.05, 0) is 25.5 Å². The molecule has 0 radical (unpaired) electrons. The minimum absolute atomic E-state index is 0.201. The van der Waals surface area contributed by atoms with Crippen molar-refractivity contribution in [2.45, 2.75) is 30.9 Å². The van der Waals surface area contributed by atoms with Crippen LogP contribution in [0.5, 0.6) is 0 Å². The van der Waals surface area contributed by atoms with Crippen LogP contribution in [0.15, 0.2) is 5.38 Å². The molecule has 0 aromatic carbocycles. The van der Waals surface area contributed by atoms with Crippen molar-refractivity contribution in [3.63, 3.8) is 0 Å². The van der Waals surface area contributed by atoms with E-state index >= 15 is 0 Å². The summed E-state index contributed by atoms with van der Waals surface area (Å²) in [5.41, 5.74) is 1.04. The van der Waals surface area contributed by atoms with Crippen LogP contribution in [0.2, 0.25) is 0 Å². The summed E-state index contributed by atoms with van der Waals surface area (Å²) < 4.78 is 0.248. The number of nitrogens with zero attached hydrogens (tertiary/aromatic N) is 1. The third-order valence-corrected chi connectivity index (χ3v) is 5.40. The van der Waals surface area contributed by atoms with Crippen molar-refractivity contribution in [1.82, 2.24) is 4.98 Å². The summed E-state index contributed by atoms with van der Waals surface area (Å²) in [6.45, 7) is 2.49. The van der Waals surface area contributed by atoms with Crippen molar-refractivity contribution in [3.05, 3.63) is 16.1 Å². The molecule has 1 unspecified atom stereocenters. The van der Waals surface area contributed by atoms with Crippen LogP contribution in [0.4, 0.5) is 0 Å². The topological polar surface area (TPSA) is 33.1 Å². The van der Waals surface area contributed by atoms with E-state index in [1.807, 2.05) is 11.8 Å². The van der Waals surface area contributed by atoms with Gasteiger partial charge in [0.2, 0.25) is 0 Å². The van der Waals surface area contributed by atoms with Crippen molar-refractivity contribution in [1.29, 1.82) is 0 Å². The Balaban J connectivity index is 2.15. The average molecular weight is 229 g/mol. The van der Waals surface area contributed by atoms with Gasteiger partial charge in [-0.3, -0.25) is 0 Å². The standard InChI is InChI=1S/C10H15NOS2/c1-10(4-2-6-14-10)9-11-8(3-5-12)7-13-9/h7,12H,2-6H2,1H3. The summed E-state index contributed by atoms with van der Waals surface area (Å²) in [5.74, 6) is 1.26. The fourth-order valence-corrected chi connectivity index (χ4v) is 4.18. The van der Waals surface area contributed by atoms with Gasteiger partial charge < -0.3 is 5.11 Å². The van der Waals surface area contributed by atoms with Crippen molar-refractivity contribution in [3.8, 4) is 0 Å². The number of rotatable bonds is 3. The largest absolute Gasteiger partial charge is 0.396 e. The number of aromatic nitrogens is 1. The first-order valence-corrected chi connectivity index (χ1v) is 6.81. The van der Waals surface area contributed by atoms with E-state index in [0.717, 1.165) is 5.69 Å². The normalized spacial score (nSPS) is 27.0. The van der Waals surface area contributed by atoms with E-state index in [0.29, 0.717) is 6.42 Å². The summed E-state index contributed by atoms with van der Waals surface area (Å²) >= 11 is 3.76. The van der Waals surface area contributed by atoms with Crippen molar-refractivity contribution in [2.24, 2.45) is 0 Å². The summed E-state index contributed by atoms with van der Waals surface area (Å²) in [6.07, 6.45) is 3.23. The molecule has 1 saturated heterocycles. The van der Waals surface area contributed by atoms with E-state index in [1.165, 1.54) is 23.6 Å². The first-order valence-electron chi connectivity index (χ1n) is 4.94. The number of thiazole rings is 1. The Morgan fingerprint density at radius 1 is 1.64 bits per heavy atom. The summed E-state index contributed by atoms with van der Waals surface area (Å²) in [7, 11) is 0. The fourth-order valence-electron chi connectivity index (χ4n) is 1.73. The maximum Gasteiger partial charge on any atom is 0.109 e. The second-order valence-electron chi connectivity index (χ2n) is 3.80. The third kappa shape index (κ3) is 1.97. The molecular weight excluding hydrogens is 214 g/mol. The predicted octanol–water partition coefficient (Wildman–Crippen LogP) is 2.42. The molecule has 2 rings (SSSR count). The Morgan fingerprint density at radius 3 is 3.14 bits per heavy atom. The van der Waals surface area contributed by atoms with Gasteiger partial charge in [-0.2, -0.15) is 0 Å². The smallest absolute Gasteiger partial charge is 0.109 e. The van der Waals surface area contributed by atoms with Crippen LogP contribution in [-0.4, -0.2) is 22.5 Å². The van der Waals surface area contributed by atoms with Gasteiger partial charge >= 0.3 is 0 Å². The lowest BCUT2D eigenvalue weighted by molar-refractivity contribution is 0.298. The average Bonchev–Trinajstić information content (AvgIpc) is 2.75.